The van der Waals surface area contributed by atoms with E-state index in [2.05, 4.69) is 26.1 Å². The molecule has 2 fully saturated rings. The quantitative estimate of drug-likeness (QED) is 0.720. The maximum Gasteiger partial charge on any atom is 0.407 e. The van der Waals surface area contributed by atoms with Gasteiger partial charge in [0.1, 0.15) is 11.7 Å². The molecule has 0 saturated heterocycles. The van der Waals surface area contributed by atoms with Gasteiger partial charge in [-0.15, -0.1) is 0 Å². The Morgan fingerprint density at radius 2 is 1.94 bits per heavy atom. The molecule has 0 radical (unpaired) electrons. The lowest BCUT2D eigenvalue weighted by Crippen LogP contribution is -2.48. The minimum atomic E-state index is -0.685. The van der Waals surface area contributed by atoms with Crippen molar-refractivity contribution in [1.29, 1.82) is 0 Å². The van der Waals surface area contributed by atoms with E-state index in [1.807, 2.05) is 51.1 Å². The SMILES string of the molecule is CC(C)(C)OC(=O)NC[C@H](c1ccccc1)[C@@H]1N=C2[C@H](OC1=O)[C@H]1CC[C@]2(C)C1(C)C. The molecule has 31 heavy (non-hydrogen) atoms. The highest BCUT2D eigenvalue weighted by Gasteiger charge is 2.67. The van der Waals surface area contributed by atoms with Gasteiger partial charge in [0.15, 0.2) is 6.04 Å². The highest BCUT2D eigenvalue weighted by Crippen LogP contribution is 2.65. The normalized spacial score (nSPS) is 32.0. The molecule has 1 aromatic rings. The number of benzene rings is 1. The lowest BCUT2D eigenvalue weighted by Gasteiger charge is -2.37. The zero-order valence-electron chi connectivity index (χ0n) is 19.4. The summed E-state index contributed by atoms with van der Waals surface area (Å²) in [6.45, 7) is 12.5. The highest BCUT2D eigenvalue weighted by atomic mass is 16.6. The second kappa shape index (κ2) is 7.35. The van der Waals surface area contributed by atoms with Crippen LogP contribution in [-0.2, 0) is 14.3 Å². The van der Waals surface area contributed by atoms with Gasteiger partial charge in [-0.05, 0) is 44.6 Å². The lowest BCUT2D eigenvalue weighted by atomic mass is 9.70. The Kier molecular flexibility index (Phi) is 5.18. The third-order valence-electron chi connectivity index (χ3n) is 7.74. The van der Waals surface area contributed by atoms with E-state index in [-0.39, 0.29) is 35.4 Å². The second-order valence-electron chi connectivity index (χ2n) is 10.9. The number of esters is 1. The number of carbonyl (C=O) groups is 2. The molecular formula is C25H34N2O4. The Morgan fingerprint density at radius 3 is 2.58 bits per heavy atom. The zero-order valence-corrected chi connectivity index (χ0v) is 19.4. The van der Waals surface area contributed by atoms with E-state index < -0.39 is 17.7 Å². The Hall–Kier alpha value is -2.37. The van der Waals surface area contributed by atoms with E-state index in [1.165, 1.54) is 0 Å². The summed E-state index contributed by atoms with van der Waals surface area (Å²) >= 11 is 0. The van der Waals surface area contributed by atoms with Crippen LogP contribution in [0.5, 0.6) is 0 Å². The van der Waals surface area contributed by atoms with Crippen LogP contribution in [0.25, 0.3) is 0 Å². The summed E-state index contributed by atoms with van der Waals surface area (Å²) in [6.07, 6.45) is 1.41. The Morgan fingerprint density at radius 1 is 1.26 bits per heavy atom. The van der Waals surface area contributed by atoms with Crippen molar-refractivity contribution in [3.63, 3.8) is 0 Å². The summed E-state index contributed by atoms with van der Waals surface area (Å²) < 4.78 is 11.4. The number of nitrogens with zero attached hydrogens (tertiary/aromatic N) is 1. The van der Waals surface area contributed by atoms with Crippen molar-refractivity contribution in [3.8, 4) is 0 Å². The standard InChI is InChI=1S/C25H34N2O4/c1-23(2,3)31-22(29)26-14-16(15-10-8-7-9-11-15)18-21(28)30-19-17-12-13-25(6,20(19)27-18)24(17,4)5/h7-11,16-19H,12-14H2,1-6H3,(H,26,29)/t16-,17-,18+,19-,25+/m1/s1. The molecule has 1 heterocycles. The number of nitrogens with one attached hydrogen (secondary N) is 1. The molecule has 1 aromatic carbocycles. The van der Waals surface area contributed by atoms with Gasteiger partial charge in [-0.2, -0.15) is 0 Å². The summed E-state index contributed by atoms with van der Waals surface area (Å²) in [4.78, 5) is 30.5. The Labute approximate surface area is 184 Å². The predicted molar refractivity (Wildman–Crippen MR) is 119 cm³/mol. The average Bonchev–Trinajstić information content (AvgIpc) is 3.00. The minimum absolute atomic E-state index is 0.0443. The Balaban J connectivity index is 1.64. The molecule has 0 spiro atoms. The summed E-state index contributed by atoms with van der Waals surface area (Å²) in [6, 6.07) is 9.04. The molecule has 6 heteroatoms. The van der Waals surface area contributed by atoms with Crippen LogP contribution in [0, 0.1) is 16.7 Å². The van der Waals surface area contributed by atoms with Gasteiger partial charge in [-0.1, -0.05) is 51.1 Å². The van der Waals surface area contributed by atoms with Crippen LogP contribution in [-0.4, -0.2) is 42.1 Å². The molecule has 6 nitrogen and oxygen atoms in total. The van der Waals surface area contributed by atoms with Crippen LogP contribution in [0.4, 0.5) is 4.79 Å². The number of amides is 1. The first-order valence-electron chi connectivity index (χ1n) is 11.2. The third-order valence-corrected chi connectivity index (χ3v) is 7.74. The van der Waals surface area contributed by atoms with Gasteiger partial charge in [0.05, 0.1) is 5.71 Å². The fraction of sp³-hybridized carbons (Fsp3) is 0.640. The number of rotatable bonds is 4. The zero-order chi connectivity index (χ0) is 22.6. The van der Waals surface area contributed by atoms with Crippen LogP contribution >= 0.6 is 0 Å². The molecule has 5 atom stereocenters. The topological polar surface area (TPSA) is 77.0 Å². The van der Waals surface area contributed by atoms with E-state index in [1.54, 1.807) is 0 Å². The molecule has 168 valence electrons. The van der Waals surface area contributed by atoms with Crippen LogP contribution < -0.4 is 5.32 Å². The van der Waals surface area contributed by atoms with Gasteiger partial charge < -0.3 is 14.8 Å². The van der Waals surface area contributed by atoms with Gasteiger partial charge in [0, 0.05) is 23.8 Å². The number of aliphatic imine (C=N–C) groups is 1. The fourth-order valence-electron chi connectivity index (χ4n) is 5.65. The number of alkyl carbamates (subject to hydrolysis) is 1. The van der Waals surface area contributed by atoms with Crippen molar-refractivity contribution in [1.82, 2.24) is 5.32 Å². The van der Waals surface area contributed by atoms with E-state index in [4.69, 9.17) is 14.5 Å². The third kappa shape index (κ3) is 3.64. The minimum Gasteiger partial charge on any atom is -0.454 e. The summed E-state index contributed by atoms with van der Waals surface area (Å²) in [5, 5.41) is 2.84. The van der Waals surface area contributed by atoms with Crippen molar-refractivity contribution in [2.24, 2.45) is 21.7 Å². The molecule has 4 rings (SSSR count). The number of hydrogen-bond acceptors (Lipinski definition) is 5. The van der Waals surface area contributed by atoms with Crippen molar-refractivity contribution >= 4 is 17.8 Å². The molecule has 1 aliphatic heterocycles. The maximum atomic E-state index is 13.1. The number of fused-ring (bicyclic) bond motifs is 5. The lowest BCUT2D eigenvalue weighted by molar-refractivity contribution is -0.152. The van der Waals surface area contributed by atoms with E-state index in [0.29, 0.717) is 5.92 Å². The first-order chi connectivity index (χ1) is 14.4. The fourth-order valence-corrected chi connectivity index (χ4v) is 5.65. The Bertz CT molecular complexity index is 902. The van der Waals surface area contributed by atoms with Crippen LogP contribution in [0.1, 0.15) is 65.9 Å². The number of carbonyl (C=O) groups excluding carboxylic acids is 2. The first kappa shape index (κ1) is 21.8. The van der Waals surface area contributed by atoms with Crippen LogP contribution in [0.15, 0.2) is 35.3 Å². The van der Waals surface area contributed by atoms with E-state index >= 15 is 0 Å². The summed E-state index contributed by atoms with van der Waals surface area (Å²) in [5.41, 5.74) is 1.35. The van der Waals surface area contributed by atoms with Crippen molar-refractivity contribution in [2.75, 3.05) is 6.54 Å². The molecule has 2 aliphatic carbocycles. The van der Waals surface area contributed by atoms with Crippen molar-refractivity contribution < 1.29 is 19.1 Å². The van der Waals surface area contributed by atoms with E-state index in [9.17, 15) is 9.59 Å². The van der Waals surface area contributed by atoms with Crippen LogP contribution in [0.2, 0.25) is 0 Å². The molecule has 2 saturated carbocycles. The van der Waals surface area contributed by atoms with Gasteiger partial charge >= 0.3 is 12.1 Å². The number of ether oxygens (including phenoxy) is 2. The number of hydrogen-bond donors (Lipinski definition) is 1. The van der Waals surface area contributed by atoms with Gasteiger partial charge in [0.25, 0.3) is 0 Å². The molecule has 1 amide bonds. The second-order valence-corrected chi connectivity index (χ2v) is 10.9. The molecule has 2 bridgehead atoms. The molecule has 3 aliphatic rings. The van der Waals surface area contributed by atoms with Gasteiger partial charge in [-0.25, -0.2) is 9.59 Å². The highest BCUT2D eigenvalue weighted by molar-refractivity contribution is 6.03. The average molecular weight is 427 g/mol. The monoisotopic (exact) mass is 426 g/mol. The summed E-state index contributed by atoms with van der Waals surface area (Å²) in [7, 11) is 0. The largest absolute Gasteiger partial charge is 0.454 e. The molecule has 1 N–H and O–H groups in total. The smallest absolute Gasteiger partial charge is 0.407 e. The van der Waals surface area contributed by atoms with Crippen molar-refractivity contribution in [2.45, 2.75) is 78.0 Å². The molecule has 0 unspecified atom stereocenters. The predicted octanol–water partition coefficient (Wildman–Crippen LogP) is 4.49. The molecule has 0 aromatic heterocycles. The molecular weight excluding hydrogens is 392 g/mol. The maximum absolute atomic E-state index is 13.1. The van der Waals surface area contributed by atoms with Gasteiger partial charge in [0.2, 0.25) is 0 Å². The van der Waals surface area contributed by atoms with E-state index in [0.717, 1.165) is 24.1 Å². The van der Waals surface area contributed by atoms with Gasteiger partial charge in [-0.3, -0.25) is 4.99 Å². The first-order valence-corrected chi connectivity index (χ1v) is 11.2. The summed E-state index contributed by atoms with van der Waals surface area (Å²) in [5.74, 6) is -0.322. The van der Waals surface area contributed by atoms with Crippen LogP contribution in [0.3, 0.4) is 0 Å². The van der Waals surface area contributed by atoms with Crippen molar-refractivity contribution in [3.05, 3.63) is 35.9 Å².